The Hall–Kier alpha value is -0.120. The molecule has 4 unspecified atom stereocenters. The van der Waals surface area contributed by atoms with Crippen molar-refractivity contribution in [2.75, 3.05) is 26.4 Å². The lowest BCUT2D eigenvalue weighted by Gasteiger charge is -2.36. The van der Waals surface area contributed by atoms with Crippen molar-refractivity contribution in [1.29, 1.82) is 0 Å². The molecular formula is C16H31NO2. The van der Waals surface area contributed by atoms with Gasteiger partial charge in [-0.05, 0) is 44.6 Å². The van der Waals surface area contributed by atoms with Gasteiger partial charge >= 0.3 is 0 Å². The quantitative estimate of drug-likeness (QED) is 0.771. The van der Waals surface area contributed by atoms with Crippen LogP contribution in [0.1, 0.15) is 52.4 Å². The average molecular weight is 269 g/mol. The highest BCUT2D eigenvalue weighted by Gasteiger charge is 2.31. The molecule has 3 nitrogen and oxygen atoms in total. The molecule has 0 bridgehead atoms. The van der Waals surface area contributed by atoms with Gasteiger partial charge in [0.15, 0.2) is 0 Å². The van der Waals surface area contributed by atoms with E-state index in [0.717, 1.165) is 32.3 Å². The van der Waals surface area contributed by atoms with Gasteiger partial charge in [-0.3, -0.25) is 0 Å². The first-order chi connectivity index (χ1) is 9.33. The summed E-state index contributed by atoms with van der Waals surface area (Å²) in [5.41, 5.74) is 0. The van der Waals surface area contributed by atoms with Gasteiger partial charge in [0.1, 0.15) is 0 Å². The molecule has 112 valence electrons. The molecule has 4 atom stereocenters. The number of hydrogen-bond acceptors (Lipinski definition) is 3. The summed E-state index contributed by atoms with van der Waals surface area (Å²) in [4.78, 5) is 0. The SMILES string of the molecule is CCCNC1CCC(CC)CC1OCC1CCOC1. The van der Waals surface area contributed by atoms with Crippen LogP contribution in [0.3, 0.4) is 0 Å². The van der Waals surface area contributed by atoms with Crippen LogP contribution in [0.5, 0.6) is 0 Å². The minimum absolute atomic E-state index is 0.422. The molecule has 1 heterocycles. The summed E-state index contributed by atoms with van der Waals surface area (Å²) in [6, 6.07) is 0.574. The van der Waals surface area contributed by atoms with E-state index in [1.54, 1.807) is 0 Å². The molecular weight excluding hydrogens is 238 g/mol. The summed E-state index contributed by atoms with van der Waals surface area (Å²) in [5, 5.41) is 3.69. The van der Waals surface area contributed by atoms with Crippen molar-refractivity contribution in [2.24, 2.45) is 11.8 Å². The molecule has 3 heteroatoms. The summed E-state index contributed by atoms with van der Waals surface area (Å²) < 4.78 is 11.7. The zero-order valence-corrected chi connectivity index (χ0v) is 12.7. The summed E-state index contributed by atoms with van der Waals surface area (Å²) in [6.45, 7) is 8.38. The molecule has 1 saturated heterocycles. The summed E-state index contributed by atoms with van der Waals surface area (Å²) in [6.07, 6.45) is 7.99. The van der Waals surface area contributed by atoms with Crippen molar-refractivity contribution in [3.63, 3.8) is 0 Å². The molecule has 0 radical (unpaired) electrons. The normalized spacial score (nSPS) is 35.7. The van der Waals surface area contributed by atoms with Crippen LogP contribution in [-0.2, 0) is 9.47 Å². The lowest BCUT2D eigenvalue weighted by atomic mass is 9.82. The van der Waals surface area contributed by atoms with E-state index in [-0.39, 0.29) is 0 Å². The highest BCUT2D eigenvalue weighted by Crippen LogP contribution is 2.29. The Labute approximate surface area is 118 Å². The molecule has 1 aliphatic carbocycles. The summed E-state index contributed by atoms with van der Waals surface area (Å²) >= 11 is 0. The van der Waals surface area contributed by atoms with Crippen molar-refractivity contribution >= 4 is 0 Å². The van der Waals surface area contributed by atoms with E-state index in [9.17, 15) is 0 Å². The van der Waals surface area contributed by atoms with Crippen LogP contribution in [0.4, 0.5) is 0 Å². The smallest absolute Gasteiger partial charge is 0.0730 e. The molecule has 2 fully saturated rings. The highest BCUT2D eigenvalue weighted by molar-refractivity contribution is 4.85. The number of rotatable bonds is 7. The molecule has 0 spiro atoms. The molecule has 1 N–H and O–H groups in total. The zero-order chi connectivity index (χ0) is 13.5. The third-order valence-electron chi connectivity index (χ3n) is 4.70. The Balaban J connectivity index is 1.79. The van der Waals surface area contributed by atoms with Crippen LogP contribution in [0, 0.1) is 11.8 Å². The second-order valence-corrected chi connectivity index (χ2v) is 6.25. The van der Waals surface area contributed by atoms with Crippen LogP contribution in [-0.4, -0.2) is 38.5 Å². The Kier molecular flexibility index (Phi) is 6.62. The van der Waals surface area contributed by atoms with Crippen LogP contribution in [0.15, 0.2) is 0 Å². The van der Waals surface area contributed by atoms with Crippen LogP contribution >= 0.6 is 0 Å². The van der Waals surface area contributed by atoms with Crippen LogP contribution in [0.2, 0.25) is 0 Å². The largest absolute Gasteiger partial charge is 0.381 e. The maximum atomic E-state index is 6.27. The van der Waals surface area contributed by atoms with E-state index in [1.807, 2.05) is 0 Å². The van der Waals surface area contributed by atoms with Gasteiger partial charge in [-0.1, -0.05) is 20.3 Å². The molecule has 0 aromatic carbocycles. The average Bonchev–Trinajstić information content (AvgIpc) is 2.96. The molecule has 1 saturated carbocycles. The van der Waals surface area contributed by atoms with E-state index < -0.39 is 0 Å². The lowest BCUT2D eigenvalue weighted by molar-refractivity contribution is -0.0267. The molecule has 19 heavy (non-hydrogen) atoms. The molecule has 1 aliphatic heterocycles. The fraction of sp³-hybridized carbons (Fsp3) is 1.00. The van der Waals surface area contributed by atoms with E-state index in [2.05, 4.69) is 19.2 Å². The highest BCUT2D eigenvalue weighted by atomic mass is 16.5. The Morgan fingerprint density at radius 2 is 2.05 bits per heavy atom. The second-order valence-electron chi connectivity index (χ2n) is 6.25. The summed E-state index contributed by atoms with van der Waals surface area (Å²) in [7, 11) is 0. The van der Waals surface area contributed by atoms with Gasteiger partial charge in [0, 0.05) is 18.6 Å². The lowest BCUT2D eigenvalue weighted by Crippen LogP contribution is -2.46. The standard InChI is InChI=1S/C16H31NO2/c1-3-8-17-15-6-5-13(4-2)10-16(15)19-12-14-7-9-18-11-14/h13-17H,3-12H2,1-2H3. The van der Waals surface area contributed by atoms with Gasteiger partial charge < -0.3 is 14.8 Å². The van der Waals surface area contributed by atoms with E-state index in [4.69, 9.17) is 9.47 Å². The monoisotopic (exact) mass is 269 g/mol. The Morgan fingerprint density at radius 1 is 1.16 bits per heavy atom. The minimum Gasteiger partial charge on any atom is -0.381 e. The van der Waals surface area contributed by atoms with Gasteiger partial charge in [-0.2, -0.15) is 0 Å². The topological polar surface area (TPSA) is 30.5 Å². The van der Waals surface area contributed by atoms with Crippen molar-refractivity contribution in [3.05, 3.63) is 0 Å². The third-order valence-corrected chi connectivity index (χ3v) is 4.70. The first-order valence-electron chi connectivity index (χ1n) is 8.26. The summed E-state index contributed by atoms with van der Waals surface area (Å²) in [5.74, 6) is 1.50. The molecule has 0 amide bonds. The van der Waals surface area contributed by atoms with Gasteiger partial charge in [0.2, 0.25) is 0 Å². The van der Waals surface area contributed by atoms with Gasteiger partial charge in [-0.25, -0.2) is 0 Å². The van der Waals surface area contributed by atoms with E-state index in [1.165, 1.54) is 38.5 Å². The van der Waals surface area contributed by atoms with E-state index >= 15 is 0 Å². The van der Waals surface area contributed by atoms with Crippen LogP contribution in [0.25, 0.3) is 0 Å². The molecule has 2 rings (SSSR count). The van der Waals surface area contributed by atoms with Gasteiger partial charge in [0.05, 0.1) is 19.3 Å². The first kappa shape index (κ1) is 15.3. The van der Waals surface area contributed by atoms with Crippen molar-refractivity contribution < 1.29 is 9.47 Å². The first-order valence-corrected chi connectivity index (χ1v) is 8.26. The molecule has 0 aromatic heterocycles. The fourth-order valence-electron chi connectivity index (χ4n) is 3.30. The fourth-order valence-corrected chi connectivity index (χ4v) is 3.30. The third kappa shape index (κ3) is 4.73. The molecule has 0 aromatic rings. The molecule has 2 aliphatic rings. The van der Waals surface area contributed by atoms with Crippen LogP contribution < -0.4 is 5.32 Å². The Morgan fingerprint density at radius 3 is 2.74 bits per heavy atom. The van der Waals surface area contributed by atoms with Crippen molar-refractivity contribution in [2.45, 2.75) is 64.5 Å². The van der Waals surface area contributed by atoms with Crippen molar-refractivity contribution in [1.82, 2.24) is 5.32 Å². The predicted octanol–water partition coefficient (Wildman–Crippen LogP) is 2.99. The minimum atomic E-state index is 0.422. The second kappa shape index (κ2) is 8.23. The number of nitrogens with one attached hydrogen (secondary N) is 1. The van der Waals surface area contributed by atoms with Gasteiger partial charge in [0.25, 0.3) is 0 Å². The Bertz CT molecular complexity index is 241. The maximum absolute atomic E-state index is 6.27. The number of ether oxygens (including phenoxy) is 2. The zero-order valence-electron chi connectivity index (χ0n) is 12.7. The van der Waals surface area contributed by atoms with Crippen molar-refractivity contribution in [3.8, 4) is 0 Å². The number of hydrogen-bond donors (Lipinski definition) is 1. The van der Waals surface area contributed by atoms with Gasteiger partial charge in [-0.15, -0.1) is 0 Å². The predicted molar refractivity (Wildman–Crippen MR) is 78.4 cm³/mol. The maximum Gasteiger partial charge on any atom is 0.0730 e. The van der Waals surface area contributed by atoms with E-state index in [0.29, 0.717) is 18.1 Å².